The van der Waals surface area contributed by atoms with Crippen molar-refractivity contribution in [2.45, 2.75) is 27.4 Å². The molecule has 2 aromatic carbocycles. The van der Waals surface area contributed by atoms with Crippen LogP contribution in [-0.2, 0) is 6.61 Å². The molecule has 0 atom stereocenters. The maximum atomic E-state index is 13.5. The van der Waals surface area contributed by atoms with Crippen molar-refractivity contribution < 1.29 is 28.5 Å². The van der Waals surface area contributed by atoms with E-state index in [0.717, 1.165) is 0 Å². The summed E-state index contributed by atoms with van der Waals surface area (Å²) in [5, 5.41) is 13.3. The first-order chi connectivity index (χ1) is 18.0. The number of hydrogen-bond acceptors (Lipinski definition) is 8. The van der Waals surface area contributed by atoms with Crippen LogP contribution in [-0.4, -0.2) is 36.3 Å². The van der Waals surface area contributed by atoms with E-state index in [1.165, 1.54) is 0 Å². The van der Waals surface area contributed by atoms with E-state index in [9.17, 15) is 9.90 Å². The van der Waals surface area contributed by atoms with Crippen LogP contribution in [0.3, 0.4) is 0 Å². The molecule has 2 aromatic heterocycles. The molecule has 0 bridgehead atoms. The van der Waals surface area contributed by atoms with Crippen LogP contribution in [0.5, 0.6) is 17.2 Å². The largest absolute Gasteiger partial charge is 0.497 e. The number of carbonyl (C=O) groups is 1. The standard InChI is InChI=1S/C28H29N3O6/c1-5-35-21-11-12-25(36-6-2)24(13-21)31-28-23(27(33)30-19-7-9-20(34-4)10-8-19)14-22-18(16-32)15-29-17(3)26(22)37-28/h7-15,32H,5-6,16H2,1-4H3,(H,30,33). The number of benzene rings is 2. The van der Waals surface area contributed by atoms with E-state index in [1.807, 2.05) is 13.8 Å². The molecule has 2 heterocycles. The zero-order chi connectivity index (χ0) is 26.4. The number of aliphatic hydroxyl groups excluding tert-OH is 1. The number of ether oxygens (including phenoxy) is 3. The Morgan fingerprint density at radius 1 is 1.05 bits per heavy atom. The van der Waals surface area contributed by atoms with Gasteiger partial charge in [0.05, 0.1) is 32.6 Å². The minimum atomic E-state index is -0.438. The van der Waals surface area contributed by atoms with Gasteiger partial charge >= 0.3 is 0 Å². The molecule has 9 heteroatoms. The number of rotatable bonds is 9. The zero-order valence-electron chi connectivity index (χ0n) is 21.2. The molecule has 4 rings (SSSR count). The lowest BCUT2D eigenvalue weighted by atomic mass is 10.1. The molecular weight excluding hydrogens is 474 g/mol. The molecule has 0 spiro atoms. The Kier molecular flexibility index (Phi) is 8.05. The number of fused-ring (bicyclic) bond motifs is 1. The first-order valence-corrected chi connectivity index (χ1v) is 11.9. The van der Waals surface area contributed by atoms with Gasteiger partial charge in [-0.1, -0.05) is 0 Å². The number of amides is 1. The number of carbonyl (C=O) groups excluding carboxylic acids is 1. The Morgan fingerprint density at radius 2 is 1.78 bits per heavy atom. The zero-order valence-corrected chi connectivity index (χ0v) is 21.2. The summed E-state index contributed by atoms with van der Waals surface area (Å²) in [5.74, 6) is 1.35. The summed E-state index contributed by atoms with van der Waals surface area (Å²) in [7, 11) is 1.57. The number of aromatic nitrogens is 1. The monoisotopic (exact) mass is 503 g/mol. The van der Waals surface area contributed by atoms with Gasteiger partial charge in [0, 0.05) is 28.9 Å². The number of aryl methyl sites for hydroxylation is 1. The number of methoxy groups -OCH3 is 1. The molecule has 0 aliphatic heterocycles. The smallest absolute Gasteiger partial charge is 0.261 e. The molecule has 0 saturated heterocycles. The van der Waals surface area contributed by atoms with Crippen molar-refractivity contribution in [2.75, 3.05) is 25.6 Å². The van der Waals surface area contributed by atoms with Crippen LogP contribution >= 0.6 is 0 Å². The summed E-state index contributed by atoms with van der Waals surface area (Å²) in [6.07, 6.45) is 1.56. The number of pyridine rings is 1. The van der Waals surface area contributed by atoms with Crippen molar-refractivity contribution in [1.82, 2.24) is 4.98 Å². The molecule has 0 fully saturated rings. The van der Waals surface area contributed by atoms with Gasteiger partial charge in [0.15, 0.2) is 5.58 Å². The average molecular weight is 504 g/mol. The van der Waals surface area contributed by atoms with E-state index in [2.05, 4.69) is 10.3 Å². The first-order valence-electron chi connectivity index (χ1n) is 11.9. The summed E-state index contributed by atoms with van der Waals surface area (Å²) in [6, 6.07) is 13.9. The Balaban J connectivity index is 1.92. The number of hydrogen-bond donors (Lipinski definition) is 2. The highest BCUT2D eigenvalue weighted by Crippen LogP contribution is 2.32. The fourth-order valence-corrected chi connectivity index (χ4v) is 3.76. The minimum Gasteiger partial charge on any atom is -0.497 e. The second kappa shape index (κ2) is 11.6. The molecule has 192 valence electrons. The van der Waals surface area contributed by atoms with Crippen molar-refractivity contribution >= 4 is 28.3 Å². The van der Waals surface area contributed by atoms with E-state index in [1.54, 1.807) is 68.8 Å². The Hall–Kier alpha value is -4.37. The third-order valence-corrected chi connectivity index (χ3v) is 5.58. The van der Waals surface area contributed by atoms with Gasteiger partial charge in [-0.2, -0.15) is 0 Å². The normalized spacial score (nSPS) is 11.4. The van der Waals surface area contributed by atoms with Crippen molar-refractivity contribution in [2.24, 2.45) is 4.99 Å². The molecule has 37 heavy (non-hydrogen) atoms. The van der Waals surface area contributed by atoms with Crippen molar-refractivity contribution in [3.05, 3.63) is 77.1 Å². The first kappa shape index (κ1) is 25.7. The molecule has 0 aliphatic rings. The Morgan fingerprint density at radius 3 is 2.46 bits per heavy atom. The second-order valence-corrected chi connectivity index (χ2v) is 8.02. The molecule has 9 nitrogen and oxygen atoms in total. The lowest BCUT2D eigenvalue weighted by Crippen LogP contribution is -2.22. The van der Waals surface area contributed by atoms with Crippen LogP contribution in [0.25, 0.3) is 11.0 Å². The third kappa shape index (κ3) is 5.73. The van der Waals surface area contributed by atoms with Crippen LogP contribution < -0.4 is 25.1 Å². The van der Waals surface area contributed by atoms with E-state index >= 15 is 0 Å². The fraction of sp³-hybridized carbons (Fsp3) is 0.250. The van der Waals surface area contributed by atoms with Gasteiger partial charge in [-0.05, 0) is 63.2 Å². The summed E-state index contributed by atoms with van der Waals surface area (Å²) in [5.41, 5.74) is 2.80. The van der Waals surface area contributed by atoms with Gasteiger partial charge in [0.2, 0.25) is 5.55 Å². The van der Waals surface area contributed by atoms with Crippen molar-refractivity contribution in [1.29, 1.82) is 0 Å². The average Bonchev–Trinajstić information content (AvgIpc) is 2.91. The van der Waals surface area contributed by atoms with Gasteiger partial charge in [-0.3, -0.25) is 9.78 Å². The number of nitrogens with one attached hydrogen (secondary N) is 1. The molecule has 2 N–H and O–H groups in total. The lowest BCUT2D eigenvalue weighted by molar-refractivity contribution is 0.102. The summed E-state index contributed by atoms with van der Waals surface area (Å²) in [6.45, 7) is 6.20. The van der Waals surface area contributed by atoms with E-state index in [0.29, 0.717) is 64.1 Å². The highest BCUT2D eigenvalue weighted by Gasteiger charge is 2.17. The minimum absolute atomic E-state index is 0.0631. The highest BCUT2D eigenvalue weighted by molar-refractivity contribution is 6.05. The maximum Gasteiger partial charge on any atom is 0.261 e. The van der Waals surface area contributed by atoms with Gasteiger partial charge in [0.25, 0.3) is 5.91 Å². The van der Waals surface area contributed by atoms with E-state index < -0.39 is 5.91 Å². The predicted octanol–water partition coefficient (Wildman–Crippen LogP) is 4.92. The quantitative estimate of drug-likeness (QED) is 0.333. The molecule has 1 amide bonds. The molecular formula is C28H29N3O6. The summed E-state index contributed by atoms with van der Waals surface area (Å²) < 4.78 is 22.8. The van der Waals surface area contributed by atoms with Crippen LogP contribution in [0, 0.1) is 6.92 Å². The molecule has 0 unspecified atom stereocenters. The van der Waals surface area contributed by atoms with Gasteiger partial charge < -0.3 is 29.1 Å². The topological polar surface area (TPSA) is 115 Å². The number of aliphatic hydroxyl groups is 1. The summed E-state index contributed by atoms with van der Waals surface area (Å²) >= 11 is 0. The van der Waals surface area contributed by atoms with Gasteiger partial charge in [-0.25, -0.2) is 4.99 Å². The van der Waals surface area contributed by atoms with Crippen molar-refractivity contribution in [3.8, 4) is 17.2 Å². The number of anilines is 1. The van der Waals surface area contributed by atoms with Crippen LogP contribution in [0.15, 0.2) is 64.1 Å². The molecule has 0 saturated carbocycles. The highest BCUT2D eigenvalue weighted by atomic mass is 16.5. The Bertz CT molecular complexity index is 1480. The van der Waals surface area contributed by atoms with Gasteiger partial charge in [-0.15, -0.1) is 0 Å². The van der Waals surface area contributed by atoms with Crippen molar-refractivity contribution in [3.63, 3.8) is 0 Å². The predicted molar refractivity (Wildman–Crippen MR) is 140 cm³/mol. The maximum absolute atomic E-state index is 13.5. The third-order valence-electron chi connectivity index (χ3n) is 5.58. The lowest BCUT2D eigenvalue weighted by Gasteiger charge is -2.12. The molecule has 0 radical (unpaired) electrons. The Labute approximate surface area is 214 Å². The van der Waals surface area contributed by atoms with Crippen LogP contribution in [0.1, 0.15) is 35.5 Å². The summed E-state index contributed by atoms with van der Waals surface area (Å²) in [4.78, 5) is 22.5. The molecule has 0 aliphatic carbocycles. The van der Waals surface area contributed by atoms with Crippen LogP contribution in [0.2, 0.25) is 0 Å². The second-order valence-electron chi connectivity index (χ2n) is 8.02. The molecule has 4 aromatic rings. The van der Waals surface area contributed by atoms with E-state index in [-0.39, 0.29) is 17.7 Å². The fourth-order valence-electron chi connectivity index (χ4n) is 3.76. The van der Waals surface area contributed by atoms with Gasteiger partial charge in [0.1, 0.15) is 28.5 Å². The SMILES string of the molecule is CCOc1ccc(OCC)c(N=c2oc3c(C)ncc(CO)c3cc2C(=O)Nc2ccc(OC)cc2)c1. The van der Waals surface area contributed by atoms with E-state index in [4.69, 9.17) is 23.6 Å². The number of nitrogens with zero attached hydrogens (tertiary/aromatic N) is 2. The van der Waals surface area contributed by atoms with Crippen LogP contribution in [0.4, 0.5) is 11.4 Å².